The van der Waals surface area contributed by atoms with E-state index in [4.69, 9.17) is 25.8 Å². The topological polar surface area (TPSA) is 90.9 Å². The molecule has 3 aliphatic rings. The number of halogens is 1. The number of esters is 2. The van der Waals surface area contributed by atoms with Gasteiger partial charge in [0.1, 0.15) is 6.10 Å². The number of Topliss-reactive ketones (excluding diaryl/α,β-unsaturated/α-hetero) is 1. The average Bonchev–Trinajstić information content (AvgIpc) is 2.93. The van der Waals surface area contributed by atoms with Gasteiger partial charge in [-0.1, -0.05) is 36.2 Å². The first-order chi connectivity index (χ1) is 19.2. The minimum atomic E-state index is -0.647. The summed E-state index contributed by atoms with van der Waals surface area (Å²) in [6, 6.07) is 12.7. The second-order valence-corrected chi connectivity index (χ2v) is 11.2. The smallest absolute Gasteiger partial charge is 0.337 e. The van der Waals surface area contributed by atoms with Crippen LogP contribution >= 0.6 is 11.6 Å². The molecular weight excluding hydrogens is 530 g/mol. The standard InChI is InChI=1S/C32H34ClNO6/c1-18-29(32(37)40-24-7-5-4-6-8-24)30(21-11-14-27(39-19(2)35)28(17-21)38-3)31-25(34-18)15-22(16-26(31)36)20-9-12-23(33)13-10-20/h9-14,17,22,24,30,34H,4-8,15-16H2,1-3H3/t22-,30+/m0/s1. The van der Waals surface area contributed by atoms with Crippen molar-refractivity contribution in [3.05, 3.63) is 81.2 Å². The number of dihydropyridines is 1. The Morgan fingerprint density at radius 3 is 2.33 bits per heavy atom. The van der Waals surface area contributed by atoms with Crippen LogP contribution in [-0.2, 0) is 19.1 Å². The highest BCUT2D eigenvalue weighted by Gasteiger charge is 2.42. The van der Waals surface area contributed by atoms with E-state index in [0.29, 0.717) is 46.0 Å². The van der Waals surface area contributed by atoms with Gasteiger partial charge in [-0.2, -0.15) is 0 Å². The summed E-state index contributed by atoms with van der Waals surface area (Å²) in [6.45, 7) is 3.18. The van der Waals surface area contributed by atoms with Crippen LogP contribution in [0.5, 0.6) is 11.5 Å². The number of ether oxygens (including phenoxy) is 3. The van der Waals surface area contributed by atoms with Gasteiger partial charge in [0.05, 0.1) is 12.7 Å². The van der Waals surface area contributed by atoms with E-state index >= 15 is 0 Å². The van der Waals surface area contributed by atoms with Crippen molar-refractivity contribution in [2.24, 2.45) is 0 Å². The van der Waals surface area contributed by atoms with E-state index in [0.717, 1.165) is 43.4 Å². The summed E-state index contributed by atoms with van der Waals surface area (Å²) >= 11 is 6.10. The molecule has 2 aromatic carbocycles. The molecule has 0 amide bonds. The molecular formula is C32H34ClNO6. The molecule has 1 aliphatic heterocycles. The zero-order chi connectivity index (χ0) is 28.4. The SMILES string of the molecule is COc1cc([C@@H]2C(C(=O)OC3CCCCC3)=C(C)NC3=C2C(=O)C[C@@H](c2ccc(Cl)cc2)C3)ccc1OC(C)=O. The fourth-order valence-corrected chi connectivity index (χ4v) is 6.24. The van der Waals surface area contributed by atoms with Crippen LogP contribution in [0.25, 0.3) is 0 Å². The Labute approximate surface area is 239 Å². The van der Waals surface area contributed by atoms with Crippen molar-refractivity contribution in [1.29, 1.82) is 0 Å². The van der Waals surface area contributed by atoms with Crippen LogP contribution in [0.4, 0.5) is 0 Å². The molecule has 1 N–H and O–H groups in total. The molecule has 40 heavy (non-hydrogen) atoms. The lowest BCUT2D eigenvalue weighted by molar-refractivity contribution is -0.146. The zero-order valence-electron chi connectivity index (χ0n) is 23.1. The summed E-state index contributed by atoms with van der Waals surface area (Å²) in [7, 11) is 1.49. The van der Waals surface area contributed by atoms with Gasteiger partial charge in [-0.25, -0.2) is 4.79 Å². The van der Waals surface area contributed by atoms with Crippen molar-refractivity contribution in [3.63, 3.8) is 0 Å². The molecule has 1 heterocycles. The van der Waals surface area contributed by atoms with E-state index in [1.807, 2.05) is 31.2 Å². The van der Waals surface area contributed by atoms with Crippen LogP contribution in [0.3, 0.4) is 0 Å². The highest BCUT2D eigenvalue weighted by molar-refractivity contribution is 6.30. The van der Waals surface area contributed by atoms with Gasteiger partial charge in [0.2, 0.25) is 0 Å². The molecule has 0 bridgehead atoms. The van der Waals surface area contributed by atoms with E-state index < -0.39 is 17.9 Å². The second kappa shape index (κ2) is 11.9. The third-order valence-corrected chi connectivity index (χ3v) is 8.24. The summed E-state index contributed by atoms with van der Waals surface area (Å²) in [5, 5.41) is 4.05. The van der Waals surface area contributed by atoms with Gasteiger partial charge in [0.15, 0.2) is 17.3 Å². The Morgan fingerprint density at radius 1 is 0.950 bits per heavy atom. The summed E-state index contributed by atoms with van der Waals surface area (Å²) in [4.78, 5) is 39.3. The first-order valence-electron chi connectivity index (χ1n) is 13.8. The largest absolute Gasteiger partial charge is 0.493 e. The van der Waals surface area contributed by atoms with E-state index in [9.17, 15) is 14.4 Å². The molecule has 8 heteroatoms. The van der Waals surface area contributed by atoms with Crippen molar-refractivity contribution >= 4 is 29.3 Å². The monoisotopic (exact) mass is 563 g/mol. The summed E-state index contributed by atoms with van der Waals surface area (Å²) in [6.07, 6.45) is 5.70. The van der Waals surface area contributed by atoms with Gasteiger partial charge in [-0.15, -0.1) is 0 Å². The minimum absolute atomic E-state index is 0.0129. The zero-order valence-corrected chi connectivity index (χ0v) is 23.8. The molecule has 0 spiro atoms. The summed E-state index contributed by atoms with van der Waals surface area (Å²) < 4.78 is 16.9. The van der Waals surface area contributed by atoms with Gasteiger partial charge in [-0.3, -0.25) is 9.59 Å². The first kappa shape index (κ1) is 28.0. The quantitative estimate of drug-likeness (QED) is 0.316. The van der Waals surface area contributed by atoms with E-state index in [-0.39, 0.29) is 23.6 Å². The number of hydrogen-bond donors (Lipinski definition) is 1. The maximum atomic E-state index is 13.9. The number of carbonyl (C=O) groups is 3. The van der Waals surface area contributed by atoms with Crippen LogP contribution in [0.15, 0.2) is 65.0 Å². The van der Waals surface area contributed by atoms with Gasteiger partial charge in [0.25, 0.3) is 0 Å². The molecule has 0 aromatic heterocycles. The fourth-order valence-electron chi connectivity index (χ4n) is 6.11. The molecule has 1 fully saturated rings. The van der Waals surface area contributed by atoms with Crippen LogP contribution in [-0.4, -0.2) is 30.9 Å². The number of methoxy groups -OCH3 is 1. The Balaban J connectivity index is 1.56. The van der Waals surface area contributed by atoms with Crippen molar-refractivity contribution < 1.29 is 28.6 Å². The van der Waals surface area contributed by atoms with E-state index in [1.165, 1.54) is 14.0 Å². The Kier molecular flexibility index (Phi) is 8.31. The van der Waals surface area contributed by atoms with E-state index in [1.54, 1.807) is 18.2 Å². The highest BCUT2D eigenvalue weighted by atomic mass is 35.5. The highest BCUT2D eigenvalue weighted by Crippen LogP contribution is 2.47. The molecule has 7 nitrogen and oxygen atoms in total. The van der Waals surface area contributed by atoms with Crippen molar-refractivity contribution in [2.75, 3.05) is 7.11 Å². The number of hydrogen-bond acceptors (Lipinski definition) is 7. The maximum absolute atomic E-state index is 13.9. The van der Waals surface area contributed by atoms with Gasteiger partial charge >= 0.3 is 11.9 Å². The lowest BCUT2D eigenvalue weighted by Crippen LogP contribution is -2.37. The molecule has 2 atom stereocenters. The molecule has 210 valence electrons. The Bertz CT molecular complexity index is 1390. The number of ketones is 1. The predicted octanol–water partition coefficient (Wildman–Crippen LogP) is 6.51. The maximum Gasteiger partial charge on any atom is 0.337 e. The van der Waals surface area contributed by atoms with Crippen LogP contribution in [0.1, 0.15) is 81.8 Å². The normalized spacial score (nSPS) is 21.4. The summed E-state index contributed by atoms with van der Waals surface area (Å²) in [5.41, 5.74) is 4.18. The van der Waals surface area contributed by atoms with Crippen molar-refractivity contribution in [3.8, 4) is 11.5 Å². The molecule has 5 rings (SSSR count). The van der Waals surface area contributed by atoms with Crippen molar-refractivity contribution in [2.45, 2.75) is 76.7 Å². The Morgan fingerprint density at radius 2 is 1.65 bits per heavy atom. The number of nitrogens with one attached hydrogen (secondary N) is 1. The number of carbonyl (C=O) groups excluding carboxylic acids is 3. The number of rotatable bonds is 6. The first-order valence-corrected chi connectivity index (χ1v) is 14.2. The lowest BCUT2D eigenvalue weighted by Gasteiger charge is -2.37. The fraction of sp³-hybridized carbons (Fsp3) is 0.406. The average molecular weight is 564 g/mol. The molecule has 0 radical (unpaired) electrons. The second-order valence-electron chi connectivity index (χ2n) is 10.7. The molecule has 2 aliphatic carbocycles. The third-order valence-electron chi connectivity index (χ3n) is 7.99. The third kappa shape index (κ3) is 5.80. The molecule has 1 saturated carbocycles. The summed E-state index contributed by atoms with van der Waals surface area (Å²) in [5.74, 6) is -0.963. The van der Waals surface area contributed by atoms with Crippen molar-refractivity contribution in [1.82, 2.24) is 5.32 Å². The van der Waals surface area contributed by atoms with Gasteiger partial charge in [0, 0.05) is 41.3 Å². The Hall–Kier alpha value is -3.58. The van der Waals surface area contributed by atoms with E-state index in [2.05, 4.69) is 5.32 Å². The van der Waals surface area contributed by atoms with Gasteiger partial charge < -0.3 is 19.5 Å². The molecule has 0 saturated heterocycles. The van der Waals surface area contributed by atoms with Gasteiger partial charge in [-0.05, 0) is 80.3 Å². The predicted molar refractivity (Wildman–Crippen MR) is 151 cm³/mol. The lowest BCUT2D eigenvalue weighted by atomic mass is 9.71. The van der Waals surface area contributed by atoms with Crippen LogP contribution in [0.2, 0.25) is 5.02 Å². The van der Waals surface area contributed by atoms with Crippen LogP contribution < -0.4 is 14.8 Å². The molecule has 0 unspecified atom stereocenters. The van der Waals surface area contributed by atoms with Crippen LogP contribution in [0, 0.1) is 0 Å². The number of allylic oxidation sites excluding steroid dienone is 3. The minimum Gasteiger partial charge on any atom is -0.493 e. The number of benzene rings is 2. The molecule has 2 aromatic rings.